The van der Waals surface area contributed by atoms with E-state index in [4.69, 9.17) is 9.47 Å². The molecule has 3 aliphatic heterocycles. The average molecular weight is 708 g/mol. The van der Waals surface area contributed by atoms with Crippen LogP contribution in [0.25, 0.3) is 0 Å². The summed E-state index contributed by atoms with van der Waals surface area (Å²) in [4.78, 5) is 33.3. The Hall–Kier alpha value is -4.64. The first-order valence-corrected chi connectivity index (χ1v) is 18.5. The molecule has 3 saturated heterocycles. The first-order chi connectivity index (χ1) is 25.2. The fraction of sp³-hybridized carbons (Fsp3) is 0.538. The molecule has 1 aliphatic carbocycles. The average Bonchev–Trinajstić information content (AvgIpc) is 3.80. The van der Waals surface area contributed by atoms with E-state index in [1.54, 1.807) is 0 Å². The van der Waals surface area contributed by atoms with Gasteiger partial charge in [0, 0.05) is 61.6 Å². The number of amides is 2. The lowest BCUT2D eigenvalue weighted by molar-refractivity contribution is 0.0301. The number of H-pyrrole nitrogens is 1. The van der Waals surface area contributed by atoms with Crippen LogP contribution in [0.15, 0.2) is 48.7 Å². The lowest BCUT2D eigenvalue weighted by atomic mass is 9.67. The predicted molar refractivity (Wildman–Crippen MR) is 194 cm³/mol. The fourth-order valence-corrected chi connectivity index (χ4v) is 8.67. The highest BCUT2D eigenvalue weighted by atomic mass is 16.5. The second-order valence-electron chi connectivity index (χ2n) is 14.8. The van der Waals surface area contributed by atoms with Crippen molar-refractivity contribution in [3.8, 4) is 6.07 Å². The summed E-state index contributed by atoms with van der Waals surface area (Å²) in [6.07, 6.45) is 2.72. The number of aromatic amines is 1. The van der Waals surface area contributed by atoms with Gasteiger partial charge in [-0.2, -0.15) is 10.5 Å². The number of fused-ring (bicyclic) bond motifs is 2. The Morgan fingerprint density at radius 1 is 0.981 bits per heavy atom. The highest BCUT2D eigenvalue weighted by molar-refractivity contribution is 5.95. The molecule has 52 heavy (non-hydrogen) atoms. The number of likely N-dealkylation sites (tertiary alicyclic amines) is 1. The van der Waals surface area contributed by atoms with E-state index in [1.165, 1.54) is 0 Å². The van der Waals surface area contributed by atoms with E-state index in [0.717, 1.165) is 34.4 Å². The Labute approximate surface area is 305 Å². The van der Waals surface area contributed by atoms with Crippen LogP contribution in [-0.2, 0) is 27.7 Å². The predicted octanol–water partition coefficient (Wildman–Crippen LogP) is 3.08. The molecule has 2 aromatic carbocycles. The number of rotatable bonds is 9. The number of tetrazole rings is 1. The minimum atomic E-state index is -0.867. The van der Waals surface area contributed by atoms with Crippen molar-refractivity contribution in [3.05, 3.63) is 87.9 Å². The number of morpholine rings is 2. The molecule has 274 valence electrons. The van der Waals surface area contributed by atoms with E-state index < -0.39 is 5.41 Å². The van der Waals surface area contributed by atoms with E-state index >= 15 is 0 Å². The zero-order chi connectivity index (χ0) is 36.4. The molecular formula is C39H49N9O4. The molecule has 4 atom stereocenters. The Morgan fingerprint density at radius 2 is 1.54 bits per heavy atom. The SMILES string of the molecule is C=C(CN[C@@H](C)CC1(c2nn[nH]n2)c2ccc(C(=O)N3CCOCC3)cc2CCc2cc(C(=O)N3CCOCC3)ccc21)N1C(C#N)C[C@H](C)C1C. The summed E-state index contributed by atoms with van der Waals surface area (Å²) in [6, 6.07) is 14.5. The summed E-state index contributed by atoms with van der Waals surface area (Å²) in [5.74, 6) is 0.909. The maximum absolute atomic E-state index is 13.7. The molecule has 4 aliphatic rings. The number of hydrogen-bond acceptors (Lipinski definition) is 10. The summed E-state index contributed by atoms with van der Waals surface area (Å²) in [6.45, 7) is 15.8. The van der Waals surface area contributed by atoms with Crippen molar-refractivity contribution in [2.75, 3.05) is 59.2 Å². The number of nitriles is 1. The molecule has 13 heteroatoms. The normalized spacial score (nSPS) is 23.3. The van der Waals surface area contributed by atoms with Gasteiger partial charge < -0.3 is 29.5 Å². The molecule has 4 heterocycles. The van der Waals surface area contributed by atoms with Gasteiger partial charge in [-0.15, -0.1) is 10.2 Å². The third kappa shape index (κ3) is 6.71. The zero-order valence-corrected chi connectivity index (χ0v) is 30.4. The molecule has 13 nitrogen and oxygen atoms in total. The molecule has 2 unspecified atom stereocenters. The molecule has 0 saturated carbocycles. The first-order valence-electron chi connectivity index (χ1n) is 18.5. The van der Waals surface area contributed by atoms with Gasteiger partial charge in [0.15, 0.2) is 5.82 Å². The number of carbonyl (C=O) groups is 2. The monoisotopic (exact) mass is 707 g/mol. The molecule has 1 aromatic heterocycles. The molecule has 2 amide bonds. The maximum atomic E-state index is 13.7. The van der Waals surface area contributed by atoms with Gasteiger partial charge in [-0.25, -0.2) is 0 Å². The van der Waals surface area contributed by atoms with Crippen molar-refractivity contribution in [1.82, 2.24) is 40.6 Å². The molecule has 0 bridgehead atoms. The van der Waals surface area contributed by atoms with E-state index in [0.29, 0.717) is 101 Å². The quantitative estimate of drug-likeness (QED) is 0.340. The van der Waals surface area contributed by atoms with Crippen molar-refractivity contribution in [1.29, 1.82) is 5.26 Å². The van der Waals surface area contributed by atoms with Crippen molar-refractivity contribution in [2.24, 2.45) is 5.92 Å². The minimum Gasteiger partial charge on any atom is -0.378 e. The largest absolute Gasteiger partial charge is 0.378 e. The van der Waals surface area contributed by atoms with Gasteiger partial charge in [0.2, 0.25) is 0 Å². The van der Waals surface area contributed by atoms with Crippen molar-refractivity contribution >= 4 is 11.8 Å². The van der Waals surface area contributed by atoms with E-state index in [9.17, 15) is 14.9 Å². The van der Waals surface area contributed by atoms with E-state index in [1.807, 2.05) is 34.1 Å². The minimum absolute atomic E-state index is 0.00824. The van der Waals surface area contributed by atoms with Gasteiger partial charge in [-0.3, -0.25) is 9.59 Å². The maximum Gasteiger partial charge on any atom is 0.254 e. The number of hydrogen-bond donors (Lipinski definition) is 2. The number of carbonyl (C=O) groups excluding carboxylic acids is 2. The number of ether oxygens (including phenoxy) is 2. The molecule has 7 rings (SSSR count). The van der Waals surface area contributed by atoms with Gasteiger partial charge >= 0.3 is 0 Å². The lowest BCUT2D eigenvalue weighted by Gasteiger charge is -2.37. The second-order valence-corrected chi connectivity index (χ2v) is 14.8. The van der Waals surface area contributed by atoms with Gasteiger partial charge in [0.25, 0.3) is 11.8 Å². The Bertz CT molecular complexity index is 1750. The van der Waals surface area contributed by atoms with Gasteiger partial charge in [-0.05, 0) is 92.0 Å². The molecule has 3 aromatic rings. The topological polar surface area (TPSA) is 153 Å². The number of aromatic nitrogens is 4. The number of nitrogens with one attached hydrogen (secondary N) is 2. The van der Waals surface area contributed by atoms with Crippen LogP contribution < -0.4 is 5.32 Å². The fourth-order valence-electron chi connectivity index (χ4n) is 8.67. The van der Waals surface area contributed by atoms with Crippen molar-refractivity contribution in [3.63, 3.8) is 0 Å². The van der Waals surface area contributed by atoms with Gasteiger partial charge in [-0.1, -0.05) is 30.8 Å². The van der Waals surface area contributed by atoms with Crippen molar-refractivity contribution in [2.45, 2.75) is 70.0 Å². The molecule has 3 fully saturated rings. The van der Waals surface area contributed by atoms with Crippen LogP contribution in [0.5, 0.6) is 0 Å². The van der Waals surface area contributed by atoms with Crippen LogP contribution in [-0.4, -0.2) is 124 Å². The zero-order valence-electron chi connectivity index (χ0n) is 30.4. The lowest BCUT2D eigenvalue weighted by Crippen LogP contribution is -2.43. The molecule has 0 radical (unpaired) electrons. The van der Waals surface area contributed by atoms with Crippen LogP contribution in [0.2, 0.25) is 0 Å². The Morgan fingerprint density at radius 3 is 2.04 bits per heavy atom. The van der Waals surface area contributed by atoms with Gasteiger partial charge in [0.1, 0.15) is 6.04 Å². The standard InChI is InChI=1S/C39H49N9O4/c1-25-19-33(23-40)48(28(25)4)27(3)24-41-26(2)22-39(38-42-44-45-43-38)34-9-7-31(36(49)46-11-15-51-16-12-46)20-29(34)5-6-30-21-32(8-10-35(30)39)37(50)47-13-17-52-18-14-47/h7-10,20-21,25-26,28,33,41H,3,5-6,11-19,22,24H2,1-2,4H3,(H,42,43,44,45)/t25-,26-,28?,33?/m0/s1. The summed E-state index contributed by atoms with van der Waals surface area (Å²) < 4.78 is 11.0. The van der Waals surface area contributed by atoms with Crippen LogP contribution >= 0.6 is 0 Å². The van der Waals surface area contributed by atoms with E-state index in [2.05, 4.69) is 76.4 Å². The number of nitrogens with zero attached hydrogens (tertiary/aromatic N) is 7. The third-order valence-corrected chi connectivity index (χ3v) is 11.6. The summed E-state index contributed by atoms with van der Waals surface area (Å²) in [7, 11) is 0. The highest BCUT2D eigenvalue weighted by Crippen LogP contribution is 2.47. The molecular weight excluding hydrogens is 658 g/mol. The van der Waals surface area contributed by atoms with Crippen LogP contribution in [0.1, 0.15) is 82.4 Å². The Balaban J connectivity index is 1.27. The smallest absolute Gasteiger partial charge is 0.254 e. The van der Waals surface area contributed by atoms with Crippen LogP contribution in [0.3, 0.4) is 0 Å². The molecule has 0 spiro atoms. The molecule has 2 N–H and O–H groups in total. The summed E-state index contributed by atoms with van der Waals surface area (Å²) in [5.41, 5.74) is 5.40. The highest BCUT2D eigenvalue weighted by Gasteiger charge is 2.46. The summed E-state index contributed by atoms with van der Waals surface area (Å²) in [5, 5.41) is 29.7. The Kier molecular flexibility index (Phi) is 10.4. The number of benzene rings is 2. The van der Waals surface area contributed by atoms with Crippen LogP contribution in [0.4, 0.5) is 0 Å². The summed E-state index contributed by atoms with van der Waals surface area (Å²) >= 11 is 0. The van der Waals surface area contributed by atoms with Gasteiger partial charge in [0.05, 0.1) is 37.9 Å². The number of aryl methyl sites for hydroxylation is 2. The van der Waals surface area contributed by atoms with E-state index in [-0.39, 0.29) is 29.9 Å². The third-order valence-electron chi connectivity index (χ3n) is 11.6. The first kappa shape index (κ1) is 35.7. The van der Waals surface area contributed by atoms with Crippen LogP contribution in [0, 0.1) is 17.2 Å². The second kappa shape index (κ2) is 15.1. The van der Waals surface area contributed by atoms with Crippen molar-refractivity contribution < 1.29 is 19.1 Å².